The summed E-state index contributed by atoms with van der Waals surface area (Å²) in [5.41, 5.74) is 0. The summed E-state index contributed by atoms with van der Waals surface area (Å²) in [7, 11) is -9.90. The second kappa shape index (κ2) is 65.4. The number of aliphatic hydroxyl groups excluding tert-OH is 1. The molecule has 3 N–H and O–H groups in total. The van der Waals surface area contributed by atoms with E-state index in [1.807, 2.05) is 0 Å². The minimum absolute atomic E-state index is 0.108. The van der Waals surface area contributed by atoms with Crippen LogP contribution in [0.5, 0.6) is 0 Å². The molecule has 0 fully saturated rings. The molecule has 0 bridgehead atoms. The van der Waals surface area contributed by atoms with Gasteiger partial charge in [0.15, 0.2) is 12.2 Å². The number of esters is 4. The molecule has 19 heteroatoms. The van der Waals surface area contributed by atoms with Crippen LogP contribution >= 0.6 is 15.6 Å². The van der Waals surface area contributed by atoms with Crippen molar-refractivity contribution in [1.82, 2.24) is 0 Å². The minimum atomic E-state index is -4.95. The Morgan fingerprint density at radius 3 is 0.747 bits per heavy atom. The molecule has 0 aliphatic rings. The Hall–Kier alpha value is -1.94. The standard InChI is InChI=1S/C72H140O17P2/c1-6-9-12-15-18-21-23-27-32-36-41-46-51-56-70(75)83-62-68(89-72(77)58-53-48-43-38-34-30-26-25-29-31-35-39-44-49-54-65(4)5)64-87-91(80,81)85-60-66(73)59-84-90(78,79)86-63-67(61-82-69(74)55-50-45-40-20-17-14-11-8-3)88-71(76)57-52-47-42-37-33-28-24-22-19-16-13-10-7-2/h65-68,73H,6-64H2,1-5H3,(H,78,79)(H,80,81)/t66-,67+,68+/m0/s1. The number of unbranched alkanes of at least 4 members (excludes halogenated alkanes) is 44. The maximum Gasteiger partial charge on any atom is 0.472 e. The van der Waals surface area contributed by atoms with Crippen LogP contribution in [-0.4, -0.2) is 96.7 Å². The molecule has 0 saturated carbocycles. The highest BCUT2D eigenvalue weighted by atomic mass is 31.2. The average Bonchev–Trinajstić information content (AvgIpc) is 3.66. The lowest BCUT2D eigenvalue weighted by atomic mass is 10.0. The van der Waals surface area contributed by atoms with Gasteiger partial charge in [0.2, 0.25) is 0 Å². The van der Waals surface area contributed by atoms with Crippen LogP contribution in [0.4, 0.5) is 0 Å². The first kappa shape index (κ1) is 89.1. The molecule has 0 saturated heterocycles. The molecule has 91 heavy (non-hydrogen) atoms. The van der Waals surface area contributed by atoms with Crippen LogP contribution in [0.25, 0.3) is 0 Å². The van der Waals surface area contributed by atoms with Gasteiger partial charge in [-0.2, -0.15) is 0 Å². The number of rotatable bonds is 72. The van der Waals surface area contributed by atoms with Crippen molar-refractivity contribution in [2.45, 2.75) is 393 Å². The van der Waals surface area contributed by atoms with Gasteiger partial charge in [-0.15, -0.1) is 0 Å². The molecule has 540 valence electrons. The Labute approximate surface area is 556 Å². The summed E-state index contributed by atoms with van der Waals surface area (Å²) in [6, 6.07) is 0. The SMILES string of the molecule is CCCCCCCCCCCCCCCC(=O)OC[C@H](COP(=O)(O)OC[C@@H](O)COP(=O)(O)OC[C@@H](COC(=O)CCCCCCCCCC)OC(=O)CCCCCCCCCCCCCCC)OC(=O)CCCCCCCCCCCCCCCCC(C)C. The zero-order chi connectivity index (χ0) is 67.0. The highest BCUT2D eigenvalue weighted by molar-refractivity contribution is 7.47. The largest absolute Gasteiger partial charge is 0.472 e. The zero-order valence-electron chi connectivity index (χ0n) is 59.0. The van der Waals surface area contributed by atoms with E-state index in [1.165, 1.54) is 193 Å². The van der Waals surface area contributed by atoms with E-state index in [0.717, 1.165) is 102 Å². The normalized spacial score (nSPS) is 14.0. The van der Waals surface area contributed by atoms with Crippen LogP contribution in [0, 0.1) is 5.92 Å². The van der Waals surface area contributed by atoms with Crippen LogP contribution in [0.3, 0.4) is 0 Å². The Bertz CT molecular complexity index is 1750. The number of carbonyl (C=O) groups excluding carboxylic acids is 4. The van der Waals surface area contributed by atoms with Crippen molar-refractivity contribution in [2.24, 2.45) is 5.92 Å². The molecular weight excluding hydrogens is 1200 g/mol. The molecule has 2 unspecified atom stereocenters. The summed E-state index contributed by atoms with van der Waals surface area (Å²) in [6.07, 6.45) is 52.6. The maximum atomic E-state index is 13.0. The van der Waals surface area contributed by atoms with Gasteiger partial charge in [0.25, 0.3) is 0 Å². The number of carbonyl (C=O) groups is 4. The lowest BCUT2D eigenvalue weighted by Crippen LogP contribution is -2.30. The van der Waals surface area contributed by atoms with E-state index < -0.39 is 97.5 Å². The molecule has 17 nitrogen and oxygen atoms in total. The fourth-order valence-electron chi connectivity index (χ4n) is 11.0. The third-order valence-corrected chi connectivity index (χ3v) is 18.7. The van der Waals surface area contributed by atoms with E-state index in [0.29, 0.717) is 25.7 Å². The van der Waals surface area contributed by atoms with Crippen LogP contribution < -0.4 is 0 Å². The van der Waals surface area contributed by atoms with Gasteiger partial charge in [-0.05, 0) is 31.6 Å². The maximum absolute atomic E-state index is 13.0. The second-order valence-electron chi connectivity index (χ2n) is 26.5. The average molecular weight is 1340 g/mol. The van der Waals surface area contributed by atoms with Crippen LogP contribution in [0.1, 0.15) is 375 Å². The summed E-state index contributed by atoms with van der Waals surface area (Å²) < 4.78 is 68.3. The molecule has 0 rings (SSSR count). The predicted molar refractivity (Wildman–Crippen MR) is 368 cm³/mol. The molecule has 0 aromatic carbocycles. The van der Waals surface area contributed by atoms with Gasteiger partial charge in [-0.1, -0.05) is 324 Å². The van der Waals surface area contributed by atoms with Gasteiger partial charge < -0.3 is 33.8 Å². The van der Waals surface area contributed by atoms with Crippen LogP contribution in [0.15, 0.2) is 0 Å². The third-order valence-electron chi connectivity index (χ3n) is 16.8. The Kier molecular flexibility index (Phi) is 64.0. The number of hydrogen-bond donors (Lipinski definition) is 3. The summed E-state index contributed by atoms with van der Waals surface area (Å²) in [6.45, 7) is 7.27. The van der Waals surface area contributed by atoms with Crippen molar-refractivity contribution in [3.63, 3.8) is 0 Å². The molecule has 0 amide bonds. The summed E-state index contributed by atoms with van der Waals surface area (Å²) in [5.74, 6) is -1.32. The number of aliphatic hydroxyl groups is 1. The van der Waals surface area contributed by atoms with Crippen molar-refractivity contribution in [3.05, 3.63) is 0 Å². The molecule has 0 spiro atoms. The van der Waals surface area contributed by atoms with Gasteiger partial charge in [-0.25, -0.2) is 9.13 Å². The first-order valence-corrected chi connectivity index (χ1v) is 40.6. The molecule has 0 aromatic rings. The Morgan fingerprint density at radius 2 is 0.505 bits per heavy atom. The lowest BCUT2D eigenvalue weighted by Gasteiger charge is -2.21. The fourth-order valence-corrected chi connectivity index (χ4v) is 12.6. The Balaban J connectivity index is 5.21. The van der Waals surface area contributed by atoms with Crippen LogP contribution in [0.2, 0.25) is 0 Å². The van der Waals surface area contributed by atoms with Gasteiger partial charge in [0, 0.05) is 25.7 Å². The van der Waals surface area contributed by atoms with Gasteiger partial charge in [0.1, 0.15) is 19.3 Å². The third kappa shape index (κ3) is 66.5. The lowest BCUT2D eigenvalue weighted by molar-refractivity contribution is -0.161. The number of phosphoric acid groups is 2. The Morgan fingerprint density at radius 1 is 0.297 bits per heavy atom. The summed E-state index contributed by atoms with van der Waals surface area (Å²) in [5, 5.41) is 10.6. The van der Waals surface area contributed by atoms with Crippen molar-refractivity contribution >= 4 is 39.5 Å². The van der Waals surface area contributed by atoms with Crippen molar-refractivity contribution < 1.29 is 80.2 Å². The second-order valence-corrected chi connectivity index (χ2v) is 29.4. The van der Waals surface area contributed by atoms with Gasteiger partial charge in [-0.3, -0.25) is 37.3 Å². The summed E-state index contributed by atoms with van der Waals surface area (Å²) in [4.78, 5) is 72.6. The monoisotopic (exact) mass is 1340 g/mol. The van der Waals surface area contributed by atoms with E-state index in [4.69, 9.17) is 37.0 Å². The smallest absolute Gasteiger partial charge is 0.462 e. The van der Waals surface area contributed by atoms with Crippen molar-refractivity contribution in [1.29, 1.82) is 0 Å². The molecule has 0 aliphatic heterocycles. The molecular formula is C72H140O17P2. The van der Waals surface area contributed by atoms with E-state index in [9.17, 15) is 43.2 Å². The van der Waals surface area contributed by atoms with Crippen molar-refractivity contribution in [2.75, 3.05) is 39.6 Å². The number of hydrogen-bond acceptors (Lipinski definition) is 15. The van der Waals surface area contributed by atoms with E-state index in [-0.39, 0.29) is 25.7 Å². The highest BCUT2D eigenvalue weighted by Gasteiger charge is 2.30. The molecule has 0 aromatic heterocycles. The summed E-state index contributed by atoms with van der Waals surface area (Å²) >= 11 is 0. The van der Waals surface area contributed by atoms with Crippen molar-refractivity contribution in [3.8, 4) is 0 Å². The molecule has 0 aliphatic carbocycles. The number of ether oxygens (including phenoxy) is 4. The first-order valence-electron chi connectivity index (χ1n) is 37.6. The molecule has 5 atom stereocenters. The zero-order valence-corrected chi connectivity index (χ0v) is 60.8. The quantitative estimate of drug-likeness (QED) is 0.0222. The minimum Gasteiger partial charge on any atom is -0.462 e. The molecule has 0 radical (unpaired) electrons. The van der Waals surface area contributed by atoms with Crippen LogP contribution in [-0.2, 0) is 65.4 Å². The van der Waals surface area contributed by atoms with Gasteiger partial charge in [0.05, 0.1) is 26.4 Å². The van der Waals surface area contributed by atoms with E-state index in [2.05, 4.69) is 34.6 Å². The van der Waals surface area contributed by atoms with Gasteiger partial charge >= 0.3 is 39.5 Å². The predicted octanol–water partition coefficient (Wildman–Crippen LogP) is 20.9. The molecule has 0 heterocycles. The topological polar surface area (TPSA) is 237 Å². The van der Waals surface area contributed by atoms with E-state index in [1.54, 1.807) is 0 Å². The fraction of sp³-hybridized carbons (Fsp3) is 0.944. The van der Waals surface area contributed by atoms with E-state index >= 15 is 0 Å². The first-order chi connectivity index (χ1) is 44.0. The highest BCUT2D eigenvalue weighted by Crippen LogP contribution is 2.45. The number of phosphoric ester groups is 2.